The van der Waals surface area contributed by atoms with Gasteiger partial charge in [-0.05, 0) is 50.0 Å². The molecule has 0 radical (unpaired) electrons. The molecule has 0 aliphatic carbocycles. The molecule has 23 heavy (non-hydrogen) atoms. The van der Waals surface area contributed by atoms with E-state index >= 15 is 0 Å². The van der Waals surface area contributed by atoms with Crippen molar-refractivity contribution in [3.8, 4) is 11.5 Å². The Bertz CT molecular complexity index is 858. The summed E-state index contributed by atoms with van der Waals surface area (Å²) in [5, 5.41) is 5.00. The molecule has 1 aromatic carbocycles. The third-order valence-corrected chi connectivity index (χ3v) is 6.18. The first-order valence-electron chi connectivity index (χ1n) is 7.08. The molecule has 124 valence electrons. The monoisotopic (exact) mass is 373 g/mol. The molecular formula is C14H16ClN3O3S2. The van der Waals surface area contributed by atoms with E-state index in [-0.39, 0.29) is 22.4 Å². The molecule has 6 nitrogen and oxygen atoms in total. The van der Waals surface area contributed by atoms with E-state index in [2.05, 4.69) is 5.10 Å². The fraction of sp³-hybridized carbons (Fsp3) is 0.429. The normalized spacial score (nSPS) is 20.2. The van der Waals surface area contributed by atoms with Gasteiger partial charge in [-0.3, -0.25) is 4.90 Å². The second-order valence-corrected chi connectivity index (χ2v) is 8.65. The van der Waals surface area contributed by atoms with Crippen LogP contribution >= 0.6 is 23.8 Å². The predicted octanol–water partition coefficient (Wildman–Crippen LogP) is 2.60. The zero-order chi connectivity index (χ0) is 16.6. The van der Waals surface area contributed by atoms with E-state index in [1.54, 1.807) is 28.9 Å². The molecular weight excluding hydrogens is 358 g/mol. The average Bonchev–Trinajstić information content (AvgIpc) is 3.03. The molecule has 3 rings (SSSR count). The predicted molar refractivity (Wildman–Crippen MR) is 90.6 cm³/mol. The van der Waals surface area contributed by atoms with Crippen molar-refractivity contribution in [1.82, 2.24) is 14.7 Å². The van der Waals surface area contributed by atoms with Crippen molar-refractivity contribution >= 4 is 33.7 Å². The Morgan fingerprint density at radius 3 is 2.74 bits per heavy atom. The Kier molecular flexibility index (Phi) is 4.59. The van der Waals surface area contributed by atoms with E-state index in [0.717, 1.165) is 5.56 Å². The molecule has 0 amide bonds. The van der Waals surface area contributed by atoms with Crippen LogP contribution in [0.1, 0.15) is 6.42 Å². The van der Waals surface area contributed by atoms with Crippen LogP contribution in [0.2, 0.25) is 5.02 Å². The highest BCUT2D eigenvalue weighted by Crippen LogP contribution is 2.21. The van der Waals surface area contributed by atoms with Crippen LogP contribution in [-0.4, -0.2) is 47.7 Å². The van der Waals surface area contributed by atoms with Crippen LogP contribution in [0.3, 0.4) is 0 Å². The maximum absolute atomic E-state index is 11.6. The molecule has 0 spiro atoms. The van der Waals surface area contributed by atoms with E-state index in [1.165, 1.54) is 0 Å². The van der Waals surface area contributed by atoms with Gasteiger partial charge in [0.15, 0.2) is 9.84 Å². The molecule has 1 aliphatic rings. The number of hydrogen-bond acceptors (Lipinski definition) is 6. The highest BCUT2D eigenvalue weighted by Gasteiger charge is 2.30. The summed E-state index contributed by atoms with van der Waals surface area (Å²) in [5.74, 6) is 0.833. The quantitative estimate of drug-likeness (QED) is 0.767. The SMILES string of the molecule is CN(Cn1nc(-c2ccc(Cl)cc2)oc1=S)[C@H]1CCS(=O)(=O)C1. The highest BCUT2D eigenvalue weighted by atomic mass is 35.5. The standard InChI is InChI=1S/C14H16ClN3O3S2/c1-17(12-6-7-23(19,20)8-12)9-18-14(22)21-13(16-18)10-2-4-11(15)5-3-10/h2-5,12H,6-9H2,1H3/t12-/m0/s1. The minimum atomic E-state index is -2.92. The summed E-state index contributed by atoms with van der Waals surface area (Å²) in [6.45, 7) is 0.385. The number of aromatic nitrogens is 2. The van der Waals surface area contributed by atoms with E-state index in [4.69, 9.17) is 28.2 Å². The van der Waals surface area contributed by atoms with Crippen LogP contribution in [0.25, 0.3) is 11.5 Å². The number of nitrogens with zero attached hydrogens (tertiary/aromatic N) is 3. The molecule has 9 heteroatoms. The molecule has 1 aliphatic heterocycles. The molecule has 0 bridgehead atoms. The van der Waals surface area contributed by atoms with Crippen LogP contribution in [0.4, 0.5) is 0 Å². The molecule has 0 saturated carbocycles. The minimum absolute atomic E-state index is 0.0161. The number of halogens is 1. The summed E-state index contributed by atoms with van der Waals surface area (Å²) in [5.41, 5.74) is 0.783. The van der Waals surface area contributed by atoms with Gasteiger partial charge in [-0.25, -0.2) is 13.1 Å². The molecule has 2 heterocycles. The fourth-order valence-corrected chi connectivity index (χ4v) is 4.66. The molecule has 2 aromatic rings. The van der Waals surface area contributed by atoms with Gasteiger partial charge in [-0.15, -0.1) is 5.10 Å². The maximum atomic E-state index is 11.6. The van der Waals surface area contributed by atoms with Crippen molar-refractivity contribution in [3.05, 3.63) is 34.1 Å². The summed E-state index contributed by atoms with van der Waals surface area (Å²) in [7, 11) is -1.05. The van der Waals surface area contributed by atoms with Gasteiger partial charge in [0, 0.05) is 16.6 Å². The third kappa shape index (κ3) is 3.82. The molecule has 0 N–H and O–H groups in total. The summed E-state index contributed by atoms with van der Waals surface area (Å²) < 4.78 is 30.2. The van der Waals surface area contributed by atoms with Crippen molar-refractivity contribution in [2.24, 2.45) is 0 Å². The van der Waals surface area contributed by atoms with E-state index in [0.29, 0.717) is 24.0 Å². The van der Waals surface area contributed by atoms with Gasteiger partial charge in [0.25, 0.3) is 4.84 Å². The van der Waals surface area contributed by atoms with E-state index in [9.17, 15) is 8.42 Å². The number of hydrogen-bond donors (Lipinski definition) is 0. The summed E-state index contributed by atoms with van der Waals surface area (Å²) in [4.78, 5) is 2.19. The van der Waals surface area contributed by atoms with E-state index < -0.39 is 9.84 Å². The van der Waals surface area contributed by atoms with Gasteiger partial charge < -0.3 is 4.42 Å². The van der Waals surface area contributed by atoms with Crippen LogP contribution < -0.4 is 0 Å². The first kappa shape index (κ1) is 16.6. The largest absolute Gasteiger partial charge is 0.409 e. The maximum Gasteiger partial charge on any atom is 0.288 e. The summed E-state index contributed by atoms with van der Waals surface area (Å²) in [6.07, 6.45) is 0.633. The molecule has 0 unspecified atom stereocenters. The lowest BCUT2D eigenvalue weighted by molar-refractivity contribution is 0.194. The van der Waals surface area contributed by atoms with Gasteiger partial charge >= 0.3 is 0 Å². The summed E-state index contributed by atoms with van der Waals surface area (Å²) in [6, 6.07) is 7.10. The summed E-state index contributed by atoms with van der Waals surface area (Å²) >= 11 is 11.1. The molecule has 1 saturated heterocycles. The third-order valence-electron chi connectivity index (χ3n) is 3.89. The van der Waals surface area contributed by atoms with Gasteiger partial charge in [0.05, 0.1) is 18.2 Å². The molecule has 1 aromatic heterocycles. The lowest BCUT2D eigenvalue weighted by Gasteiger charge is -2.22. The van der Waals surface area contributed by atoms with Crippen molar-refractivity contribution in [1.29, 1.82) is 0 Å². The fourth-order valence-electron chi connectivity index (χ4n) is 2.55. The van der Waals surface area contributed by atoms with Crippen molar-refractivity contribution in [2.75, 3.05) is 18.6 Å². The first-order valence-corrected chi connectivity index (χ1v) is 9.69. The van der Waals surface area contributed by atoms with Crippen molar-refractivity contribution in [2.45, 2.75) is 19.1 Å². The van der Waals surface area contributed by atoms with Gasteiger partial charge in [0.2, 0.25) is 5.89 Å². The van der Waals surface area contributed by atoms with Gasteiger partial charge in [-0.2, -0.15) is 0 Å². The number of benzene rings is 1. The van der Waals surface area contributed by atoms with Crippen LogP contribution in [0.5, 0.6) is 0 Å². The number of sulfone groups is 1. The van der Waals surface area contributed by atoms with Gasteiger partial charge in [0.1, 0.15) is 0 Å². The van der Waals surface area contributed by atoms with Crippen LogP contribution in [0, 0.1) is 4.84 Å². The highest BCUT2D eigenvalue weighted by molar-refractivity contribution is 7.91. The zero-order valence-corrected chi connectivity index (χ0v) is 14.9. The second-order valence-electron chi connectivity index (χ2n) is 5.63. The number of rotatable bonds is 4. The Morgan fingerprint density at radius 2 is 2.13 bits per heavy atom. The first-order chi connectivity index (χ1) is 10.8. The zero-order valence-electron chi connectivity index (χ0n) is 12.5. The lowest BCUT2D eigenvalue weighted by atomic mass is 10.2. The Labute approximate surface area is 144 Å². The lowest BCUT2D eigenvalue weighted by Crippen LogP contribution is -2.34. The Balaban J connectivity index is 1.76. The van der Waals surface area contributed by atoms with Crippen LogP contribution in [0.15, 0.2) is 28.7 Å². The van der Waals surface area contributed by atoms with Crippen LogP contribution in [-0.2, 0) is 16.5 Å². The Morgan fingerprint density at radius 1 is 1.43 bits per heavy atom. The van der Waals surface area contributed by atoms with Crippen molar-refractivity contribution < 1.29 is 12.8 Å². The second kappa shape index (κ2) is 6.35. The van der Waals surface area contributed by atoms with Crippen molar-refractivity contribution in [3.63, 3.8) is 0 Å². The average molecular weight is 374 g/mol. The minimum Gasteiger partial charge on any atom is -0.409 e. The smallest absolute Gasteiger partial charge is 0.288 e. The van der Waals surface area contributed by atoms with Gasteiger partial charge in [-0.1, -0.05) is 11.6 Å². The van der Waals surface area contributed by atoms with E-state index in [1.807, 2.05) is 11.9 Å². The Hall–Kier alpha value is -1.22. The molecule has 1 fully saturated rings. The topological polar surface area (TPSA) is 68.3 Å². The molecule has 1 atom stereocenters.